The summed E-state index contributed by atoms with van der Waals surface area (Å²) in [5.74, 6) is 0.641. The van der Waals surface area contributed by atoms with Crippen molar-refractivity contribution in [1.29, 1.82) is 0 Å². The quantitative estimate of drug-likeness (QED) is 0.656. The first kappa shape index (κ1) is 13.8. The molecule has 5 nitrogen and oxygen atoms in total. The van der Waals surface area contributed by atoms with Crippen molar-refractivity contribution in [2.75, 3.05) is 18.5 Å². The van der Waals surface area contributed by atoms with E-state index in [1.807, 2.05) is 11.9 Å². The topological polar surface area (TPSA) is 66.6 Å². The summed E-state index contributed by atoms with van der Waals surface area (Å²) in [5, 5.41) is 20.2. The van der Waals surface area contributed by atoms with Crippen LogP contribution in [0.2, 0.25) is 0 Å². The van der Waals surface area contributed by atoms with Gasteiger partial charge in [-0.05, 0) is 30.4 Å². The highest BCUT2D eigenvalue weighted by Gasteiger charge is 2.22. The number of rotatable bonds is 5. The molecule has 0 saturated heterocycles. The van der Waals surface area contributed by atoms with Gasteiger partial charge in [-0.25, -0.2) is 0 Å². The molecule has 0 atom stereocenters. The van der Waals surface area contributed by atoms with Crippen LogP contribution in [-0.2, 0) is 6.61 Å². The van der Waals surface area contributed by atoms with Gasteiger partial charge in [-0.1, -0.05) is 18.9 Å². The number of nitro groups is 1. The van der Waals surface area contributed by atoms with Gasteiger partial charge in [-0.3, -0.25) is 10.1 Å². The maximum Gasteiger partial charge on any atom is 0.292 e. The zero-order valence-corrected chi connectivity index (χ0v) is 11.2. The van der Waals surface area contributed by atoms with E-state index in [0.717, 1.165) is 6.54 Å². The molecular weight excluding hydrogens is 244 g/mol. The largest absolute Gasteiger partial charge is 0.392 e. The zero-order chi connectivity index (χ0) is 13.8. The van der Waals surface area contributed by atoms with E-state index < -0.39 is 0 Å². The maximum absolute atomic E-state index is 11.1. The first-order valence-corrected chi connectivity index (χ1v) is 6.71. The molecule has 0 bridgehead atoms. The van der Waals surface area contributed by atoms with Crippen LogP contribution in [0.25, 0.3) is 0 Å². The van der Waals surface area contributed by atoms with Crippen LogP contribution in [0.5, 0.6) is 0 Å². The maximum atomic E-state index is 11.1. The molecule has 0 amide bonds. The van der Waals surface area contributed by atoms with Gasteiger partial charge >= 0.3 is 0 Å². The summed E-state index contributed by atoms with van der Waals surface area (Å²) < 4.78 is 0. The molecule has 0 heterocycles. The van der Waals surface area contributed by atoms with Crippen molar-refractivity contribution in [2.24, 2.45) is 5.92 Å². The summed E-state index contributed by atoms with van der Waals surface area (Å²) in [6.45, 7) is 0.687. The van der Waals surface area contributed by atoms with Gasteiger partial charge in [0.15, 0.2) is 0 Å². The second-order valence-corrected chi connectivity index (χ2v) is 5.27. The Morgan fingerprint density at radius 3 is 2.68 bits per heavy atom. The fourth-order valence-corrected chi connectivity index (χ4v) is 2.81. The smallest absolute Gasteiger partial charge is 0.292 e. The lowest BCUT2D eigenvalue weighted by Gasteiger charge is -2.23. The third-order valence-electron chi connectivity index (χ3n) is 3.84. The van der Waals surface area contributed by atoms with Gasteiger partial charge in [-0.15, -0.1) is 0 Å². The number of aliphatic hydroxyl groups is 1. The zero-order valence-electron chi connectivity index (χ0n) is 11.2. The average molecular weight is 264 g/mol. The predicted molar refractivity (Wildman–Crippen MR) is 74.2 cm³/mol. The first-order valence-electron chi connectivity index (χ1n) is 6.71. The number of benzene rings is 1. The van der Waals surface area contributed by atoms with Crippen molar-refractivity contribution in [3.8, 4) is 0 Å². The first-order chi connectivity index (χ1) is 9.11. The van der Waals surface area contributed by atoms with Crippen molar-refractivity contribution in [3.05, 3.63) is 33.9 Å². The third kappa shape index (κ3) is 3.23. The Bertz CT molecular complexity index is 456. The Balaban J connectivity index is 2.19. The molecule has 1 aromatic carbocycles. The monoisotopic (exact) mass is 264 g/mol. The van der Waals surface area contributed by atoms with Crippen LogP contribution in [0.3, 0.4) is 0 Å². The summed E-state index contributed by atoms with van der Waals surface area (Å²) in [7, 11) is 1.90. The molecule has 19 heavy (non-hydrogen) atoms. The van der Waals surface area contributed by atoms with E-state index in [1.165, 1.54) is 31.7 Å². The lowest BCUT2D eigenvalue weighted by atomic mass is 10.1. The molecule has 5 heteroatoms. The van der Waals surface area contributed by atoms with E-state index >= 15 is 0 Å². The highest BCUT2D eigenvalue weighted by Crippen LogP contribution is 2.32. The van der Waals surface area contributed by atoms with Gasteiger partial charge in [0.05, 0.1) is 11.5 Å². The minimum atomic E-state index is -0.375. The fourth-order valence-electron chi connectivity index (χ4n) is 2.81. The number of anilines is 1. The Kier molecular flexibility index (Phi) is 4.37. The average Bonchev–Trinajstić information content (AvgIpc) is 2.90. The third-order valence-corrected chi connectivity index (χ3v) is 3.84. The van der Waals surface area contributed by atoms with E-state index in [1.54, 1.807) is 12.1 Å². The van der Waals surface area contributed by atoms with Crippen LogP contribution in [-0.4, -0.2) is 23.6 Å². The molecule has 1 aromatic rings. The van der Waals surface area contributed by atoms with Gasteiger partial charge in [0.25, 0.3) is 5.69 Å². The molecule has 1 fully saturated rings. The number of nitrogens with zero attached hydrogens (tertiary/aromatic N) is 2. The van der Waals surface area contributed by atoms with Gasteiger partial charge in [0.2, 0.25) is 0 Å². The molecule has 0 radical (unpaired) electrons. The molecule has 1 N–H and O–H groups in total. The molecule has 1 saturated carbocycles. The number of hydrogen-bond donors (Lipinski definition) is 1. The Hall–Kier alpha value is -1.62. The lowest BCUT2D eigenvalue weighted by Crippen LogP contribution is -2.24. The van der Waals surface area contributed by atoms with Crippen LogP contribution < -0.4 is 4.90 Å². The lowest BCUT2D eigenvalue weighted by molar-refractivity contribution is -0.384. The van der Waals surface area contributed by atoms with Crippen molar-refractivity contribution >= 4 is 11.4 Å². The number of hydrogen-bond acceptors (Lipinski definition) is 4. The Labute approximate surface area is 113 Å². The normalized spacial score (nSPS) is 15.7. The summed E-state index contributed by atoms with van der Waals surface area (Å²) >= 11 is 0. The van der Waals surface area contributed by atoms with Crippen LogP contribution >= 0.6 is 0 Å². The minimum Gasteiger partial charge on any atom is -0.392 e. The Morgan fingerprint density at radius 1 is 1.42 bits per heavy atom. The van der Waals surface area contributed by atoms with Crippen LogP contribution in [0.4, 0.5) is 11.4 Å². The molecule has 0 aromatic heterocycles. The molecule has 104 valence electrons. The summed E-state index contributed by atoms with van der Waals surface area (Å²) in [6, 6.07) is 4.94. The van der Waals surface area contributed by atoms with Crippen LogP contribution in [0.15, 0.2) is 18.2 Å². The van der Waals surface area contributed by atoms with E-state index in [4.69, 9.17) is 5.11 Å². The van der Waals surface area contributed by atoms with Crippen LogP contribution in [0, 0.1) is 16.0 Å². The van der Waals surface area contributed by atoms with E-state index in [9.17, 15) is 10.1 Å². The molecule has 0 spiro atoms. The summed E-state index contributed by atoms with van der Waals surface area (Å²) in [4.78, 5) is 12.7. The SMILES string of the molecule is CN(CC1CCCC1)c1ccc(CO)cc1[N+](=O)[O-]. The van der Waals surface area contributed by atoms with Crippen molar-refractivity contribution < 1.29 is 10.0 Å². The van der Waals surface area contributed by atoms with Crippen molar-refractivity contribution in [3.63, 3.8) is 0 Å². The Morgan fingerprint density at radius 2 is 2.11 bits per heavy atom. The summed E-state index contributed by atoms with van der Waals surface area (Å²) in [5.41, 5.74) is 1.28. The van der Waals surface area contributed by atoms with Gasteiger partial charge in [-0.2, -0.15) is 0 Å². The highest BCUT2D eigenvalue weighted by molar-refractivity contribution is 5.64. The van der Waals surface area contributed by atoms with E-state index in [0.29, 0.717) is 17.2 Å². The molecule has 0 unspecified atom stereocenters. The summed E-state index contributed by atoms with van der Waals surface area (Å²) in [6.07, 6.45) is 4.97. The molecule has 2 rings (SSSR count). The van der Waals surface area contributed by atoms with Crippen molar-refractivity contribution in [2.45, 2.75) is 32.3 Å². The fraction of sp³-hybridized carbons (Fsp3) is 0.571. The second kappa shape index (κ2) is 6.02. The number of aliphatic hydroxyl groups excluding tert-OH is 1. The number of nitro benzene ring substituents is 1. The molecule has 1 aliphatic carbocycles. The van der Waals surface area contributed by atoms with E-state index in [2.05, 4.69) is 0 Å². The minimum absolute atomic E-state index is 0.0760. The van der Waals surface area contributed by atoms with Crippen molar-refractivity contribution in [1.82, 2.24) is 0 Å². The standard InChI is InChI=1S/C14H20N2O3/c1-15(9-11-4-2-3-5-11)13-7-6-12(10-17)8-14(13)16(18)19/h6-8,11,17H,2-5,9-10H2,1H3. The molecular formula is C14H20N2O3. The molecule has 1 aliphatic rings. The second-order valence-electron chi connectivity index (χ2n) is 5.27. The predicted octanol–water partition coefficient (Wildman–Crippen LogP) is 2.71. The van der Waals surface area contributed by atoms with Gasteiger partial charge < -0.3 is 10.0 Å². The highest BCUT2D eigenvalue weighted by atomic mass is 16.6. The van der Waals surface area contributed by atoms with E-state index in [-0.39, 0.29) is 17.2 Å². The molecule has 0 aliphatic heterocycles. The van der Waals surface area contributed by atoms with Crippen LogP contribution in [0.1, 0.15) is 31.2 Å². The van der Waals surface area contributed by atoms with Gasteiger partial charge in [0.1, 0.15) is 5.69 Å². The van der Waals surface area contributed by atoms with Gasteiger partial charge in [0, 0.05) is 19.7 Å².